The van der Waals surface area contributed by atoms with Gasteiger partial charge in [0.05, 0.1) is 13.1 Å². The third-order valence-corrected chi connectivity index (χ3v) is 2.77. The fourth-order valence-corrected chi connectivity index (χ4v) is 2.00. The first-order chi connectivity index (χ1) is 6.01. The maximum absolute atomic E-state index is 9.71. The smallest absolute Gasteiger partial charge is 0.189 e. The van der Waals surface area contributed by atoms with Crippen LogP contribution >= 0.6 is 0 Å². The molecule has 4 heteroatoms. The molecule has 2 N–H and O–H groups in total. The monoisotopic (exact) mass is 225 g/mol. The fourth-order valence-electron chi connectivity index (χ4n) is 2.00. The molecule has 0 fully saturated rings. The Labute approximate surface area is 93.7 Å². The summed E-state index contributed by atoms with van der Waals surface area (Å²) >= 11 is 0. The Balaban J connectivity index is 0. The van der Waals surface area contributed by atoms with Gasteiger partial charge in [0.1, 0.15) is 0 Å². The number of hydrogen-bond donors (Lipinski definition) is 2. The van der Waals surface area contributed by atoms with Gasteiger partial charge in [-0.3, -0.25) is 4.48 Å². The topological polar surface area (TPSA) is 40.5 Å². The van der Waals surface area contributed by atoms with Gasteiger partial charge < -0.3 is 22.6 Å². The van der Waals surface area contributed by atoms with E-state index in [9.17, 15) is 10.2 Å². The summed E-state index contributed by atoms with van der Waals surface area (Å²) in [6, 6.07) is 0. The summed E-state index contributed by atoms with van der Waals surface area (Å²) in [6.45, 7) is 9.35. The first-order valence-corrected chi connectivity index (χ1v) is 5.23. The molecule has 0 aromatic heterocycles. The highest BCUT2D eigenvalue weighted by molar-refractivity contribution is 4.45. The van der Waals surface area contributed by atoms with Gasteiger partial charge in [0.15, 0.2) is 12.5 Å². The zero-order valence-electron chi connectivity index (χ0n) is 9.70. The zero-order valence-corrected chi connectivity index (χ0v) is 10.5. The molecule has 0 aliphatic rings. The van der Waals surface area contributed by atoms with Crippen molar-refractivity contribution in [2.24, 2.45) is 0 Å². The number of nitrogens with zero attached hydrogens (tertiary/aromatic N) is 1. The summed E-state index contributed by atoms with van der Waals surface area (Å²) in [5.74, 6) is 0. The lowest BCUT2D eigenvalue weighted by Gasteiger charge is -2.43. The van der Waals surface area contributed by atoms with Crippen LogP contribution < -0.4 is 12.4 Å². The van der Waals surface area contributed by atoms with Gasteiger partial charge in [0.2, 0.25) is 0 Å². The Hall–Kier alpha value is 0.170. The Morgan fingerprint density at radius 1 is 0.929 bits per heavy atom. The maximum Gasteiger partial charge on any atom is 0.189 e. The molecule has 0 amide bonds. The molecule has 0 saturated carbocycles. The van der Waals surface area contributed by atoms with Gasteiger partial charge in [-0.1, -0.05) is 13.8 Å². The molecule has 0 aromatic carbocycles. The highest BCUT2D eigenvalue weighted by Crippen LogP contribution is 2.18. The van der Waals surface area contributed by atoms with Gasteiger partial charge in [-0.25, -0.2) is 0 Å². The van der Waals surface area contributed by atoms with Crippen molar-refractivity contribution in [1.29, 1.82) is 0 Å². The van der Waals surface area contributed by atoms with Crippen LogP contribution in [-0.4, -0.2) is 40.2 Å². The molecular formula is C10H24ClNO2. The molecular weight excluding hydrogens is 202 g/mol. The third kappa shape index (κ3) is 3.73. The molecule has 0 radical (unpaired) electrons. The first kappa shape index (κ1) is 16.6. The van der Waals surface area contributed by atoms with Crippen LogP contribution in [0, 0.1) is 0 Å². The summed E-state index contributed by atoms with van der Waals surface area (Å²) < 4.78 is 0.410. The molecule has 0 aliphatic heterocycles. The molecule has 0 spiro atoms. The van der Waals surface area contributed by atoms with Crippen molar-refractivity contribution in [3.63, 3.8) is 0 Å². The van der Waals surface area contributed by atoms with Gasteiger partial charge in [0.25, 0.3) is 0 Å². The lowest BCUT2D eigenvalue weighted by Crippen LogP contribution is -3.00. The van der Waals surface area contributed by atoms with E-state index in [2.05, 4.69) is 13.8 Å². The average molecular weight is 226 g/mol. The highest BCUT2D eigenvalue weighted by Gasteiger charge is 2.35. The summed E-state index contributed by atoms with van der Waals surface area (Å²) in [7, 11) is 0. The van der Waals surface area contributed by atoms with Crippen molar-refractivity contribution in [1.82, 2.24) is 0 Å². The van der Waals surface area contributed by atoms with Gasteiger partial charge in [-0.05, 0) is 12.8 Å². The van der Waals surface area contributed by atoms with Crippen molar-refractivity contribution >= 4 is 0 Å². The lowest BCUT2D eigenvalue weighted by atomic mass is 10.2. The number of rotatable bonds is 6. The van der Waals surface area contributed by atoms with Crippen molar-refractivity contribution in [3.8, 4) is 0 Å². The standard InChI is InChI=1S/C10H24NO2.ClH/c1-5-7-11(8-6-2,9(3)12)10(4)13;/h9-10,12-13H,5-8H2,1-4H3;1H/q+1;/p-1. The van der Waals surface area contributed by atoms with Crippen LogP contribution in [0.25, 0.3) is 0 Å². The molecule has 0 aliphatic carbocycles. The molecule has 0 aromatic rings. The van der Waals surface area contributed by atoms with E-state index in [0.717, 1.165) is 25.9 Å². The van der Waals surface area contributed by atoms with Gasteiger partial charge >= 0.3 is 0 Å². The van der Waals surface area contributed by atoms with Crippen LogP contribution in [0.15, 0.2) is 0 Å². The van der Waals surface area contributed by atoms with Crippen LogP contribution in [0.1, 0.15) is 40.5 Å². The van der Waals surface area contributed by atoms with Crippen LogP contribution in [0.4, 0.5) is 0 Å². The maximum atomic E-state index is 9.71. The van der Waals surface area contributed by atoms with E-state index in [1.54, 1.807) is 13.8 Å². The summed E-state index contributed by atoms with van der Waals surface area (Å²) in [5.41, 5.74) is 0. The van der Waals surface area contributed by atoms with Gasteiger partial charge in [-0.15, -0.1) is 0 Å². The van der Waals surface area contributed by atoms with Crippen LogP contribution in [0.2, 0.25) is 0 Å². The second-order valence-corrected chi connectivity index (χ2v) is 3.81. The molecule has 2 unspecified atom stereocenters. The van der Waals surface area contributed by atoms with Crippen LogP contribution in [-0.2, 0) is 0 Å². The minimum atomic E-state index is -0.486. The highest BCUT2D eigenvalue weighted by atomic mass is 35.5. The third-order valence-electron chi connectivity index (χ3n) is 2.77. The second kappa shape index (κ2) is 7.46. The average Bonchev–Trinajstić information content (AvgIpc) is 2.03. The lowest BCUT2D eigenvalue weighted by molar-refractivity contribution is -1.01. The summed E-state index contributed by atoms with van der Waals surface area (Å²) in [5, 5.41) is 19.4. The van der Waals surface area contributed by atoms with Gasteiger partial charge in [-0.2, -0.15) is 0 Å². The molecule has 0 rings (SSSR count). The minimum Gasteiger partial charge on any atom is -1.00 e. The van der Waals surface area contributed by atoms with E-state index >= 15 is 0 Å². The minimum absolute atomic E-state index is 0. The molecule has 3 nitrogen and oxygen atoms in total. The van der Waals surface area contributed by atoms with Crippen LogP contribution in [0.5, 0.6) is 0 Å². The summed E-state index contributed by atoms with van der Waals surface area (Å²) in [4.78, 5) is 0. The molecule has 0 saturated heterocycles. The predicted octanol–water partition coefficient (Wildman–Crippen LogP) is -1.70. The molecule has 0 heterocycles. The molecule has 2 atom stereocenters. The largest absolute Gasteiger partial charge is 1.00 e. The predicted molar refractivity (Wildman–Crippen MR) is 53.9 cm³/mol. The number of hydrogen-bond acceptors (Lipinski definition) is 2. The second-order valence-electron chi connectivity index (χ2n) is 3.81. The van der Waals surface area contributed by atoms with Gasteiger partial charge in [0, 0.05) is 13.8 Å². The fraction of sp³-hybridized carbons (Fsp3) is 1.00. The zero-order chi connectivity index (χ0) is 10.5. The van der Waals surface area contributed by atoms with E-state index < -0.39 is 12.5 Å². The molecule has 88 valence electrons. The van der Waals surface area contributed by atoms with E-state index in [0.29, 0.717) is 4.48 Å². The van der Waals surface area contributed by atoms with E-state index in [4.69, 9.17) is 0 Å². The molecule has 14 heavy (non-hydrogen) atoms. The molecule has 0 bridgehead atoms. The number of aliphatic hydroxyl groups excluding tert-OH is 2. The van der Waals surface area contributed by atoms with Crippen LogP contribution in [0.3, 0.4) is 0 Å². The first-order valence-electron chi connectivity index (χ1n) is 5.23. The Morgan fingerprint density at radius 3 is 1.36 bits per heavy atom. The van der Waals surface area contributed by atoms with Crippen molar-refractivity contribution in [2.45, 2.75) is 53.0 Å². The summed E-state index contributed by atoms with van der Waals surface area (Å²) in [6.07, 6.45) is 0.991. The Kier molecular flexibility index (Phi) is 8.84. The number of halogens is 1. The van der Waals surface area contributed by atoms with E-state index in [1.165, 1.54) is 0 Å². The normalized spacial score (nSPS) is 15.9. The quantitative estimate of drug-likeness (QED) is 0.418. The number of quaternary nitrogens is 1. The Bertz CT molecular complexity index is 124. The van der Waals surface area contributed by atoms with E-state index in [-0.39, 0.29) is 12.4 Å². The van der Waals surface area contributed by atoms with Crippen molar-refractivity contribution < 1.29 is 27.1 Å². The SMILES string of the molecule is CCC[N+](CCC)(C(C)O)C(C)O.[Cl-]. The van der Waals surface area contributed by atoms with Crippen molar-refractivity contribution in [3.05, 3.63) is 0 Å². The van der Waals surface area contributed by atoms with E-state index in [1.807, 2.05) is 0 Å². The number of aliphatic hydroxyl groups is 2. The Morgan fingerprint density at radius 2 is 1.21 bits per heavy atom. The van der Waals surface area contributed by atoms with Crippen molar-refractivity contribution in [2.75, 3.05) is 13.1 Å².